The molecule has 1 amide bonds. The van der Waals surface area contributed by atoms with Crippen molar-refractivity contribution in [3.63, 3.8) is 0 Å². The third-order valence-corrected chi connectivity index (χ3v) is 2.41. The van der Waals surface area contributed by atoms with Crippen molar-refractivity contribution in [3.8, 4) is 0 Å². The van der Waals surface area contributed by atoms with Crippen molar-refractivity contribution in [2.75, 3.05) is 46.5 Å². The monoisotopic (exact) mass is 274 g/mol. The zero-order valence-electron chi connectivity index (χ0n) is 12.2. The molecule has 0 aromatic carbocycles. The first-order chi connectivity index (χ1) is 9.13. The molecule has 19 heavy (non-hydrogen) atoms. The third-order valence-electron chi connectivity index (χ3n) is 2.41. The van der Waals surface area contributed by atoms with E-state index in [0.29, 0.717) is 26.3 Å². The number of nitrogens with zero attached hydrogens (tertiary/aromatic N) is 1. The summed E-state index contributed by atoms with van der Waals surface area (Å²) < 4.78 is 9.78. The molecule has 0 aromatic heterocycles. The number of rotatable bonds is 11. The molecule has 112 valence electrons. The van der Waals surface area contributed by atoms with Crippen LogP contribution in [0.25, 0.3) is 0 Å². The van der Waals surface area contributed by atoms with Crippen LogP contribution in [0.15, 0.2) is 0 Å². The summed E-state index contributed by atoms with van der Waals surface area (Å²) in [4.78, 5) is 24.9. The summed E-state index contributed by atoms with van der Waals surface area (Å²) in [7, 11) is 1.63. The molecule has 0 unspecified atom stereocenters. The molecule has 0 atom stereocenters. The van der Waals surface area contributed by atoms with Crippen LogP contribution in [0.1, 0.15) is 26.7 Å². The van der Waals surface area contributed by atoms with Crippen LogP contribution in [0.3, 0.4) is 0 Å². The number of carbonyl (C=O) groups excluding carboxylic acids is 2. The highest BCUT2D eigenvalue weighted by atomic mass is 16.5. The van der Waals surface area contributed by atoms with Gasteiger partial charge in [-0.3, -0.25) is 14.5 Å². The van der Waals surface area contributed by atoms with E-state index in [1.165, 1.54) is 0 Å². The van der Waals surface area contributed by atoms with Gasteiger partial charge in [-0.1, -0.05) is 6.92 Å². The van der Waals surface area contributed by atoms with Gasteiger partial charge in [0.1, 0.15) is 0 Å². The molecule has 0 aromatic rings. The minimum absolute atomic E-state index is 0.0751. The highest BCUT2D eigenvalue weighted by molar-refractivity contribution is 5.79. The molecule has 0 saturated heterocycles. The fourth-order valence-electron chi connectivity index (χ4n) is 1.62. The van der Waals surface area contributed by atoms with Gasteiger partial charge in [0.2, 0.25) is 5.91 Å². The zero-order chi connectivity index (χ0) is 14.5. The molecule has 0 spiro atoms. The summed E-state index contributed by atoms with van der Waals surface area (Å²) in [6, 6.07) is 0. The van der Waals surface area contributed by atoms with Crippen LogP contribution in [0.2, 0.25) is 0 Å². The first-order valence-corrected chi connectivity index (χ1v) is 6.77. The second kappa shape index (κ2) is 11.9. The van der Waals surface area contributed by atoms with E-state index in [9.17, 15) is 9.59 Å². The Morgan fingerprint density at radius 2 is 1.95 bits per heavy atom. The molecule has 0 bridgehead atoms. The van der Waals surface area contributed by atoms with E-state index in [4.69, 9.17) is 9.47 Å². The van der Waals surface area contributed by atoms with Crippen LogP contribution < -0.4 is 5.32 Å². The van der Waals surface area contributed by atoms with Gasteiger partial charge in [0.05, 0.1) is 19.7 Å². The average Bonchev–Trinajstić information content (AvgIpc) is 2.35. The lowest BCUT2D eigenvalue weighted by molar-refractivity contribution is -0.144. The first kappa shape index (κ1) is 17.9. The number of ether oxygens (including phenoxy) is 2. The zero-order valence-corrected chi connectivity index (χ0v) is 12.2. The van der Waals surface area contributed by atoms with Crippen molar-refractivity contribution < 1.29 is 19.1 Å². The van der Waals surface area contributed by atoms with Crippen molar-refractivity contribution >= 4 is 11.9 Å². The topological polar surface area (TPSA) is 67.9 Å². The molecular weight excluding hydrogens is 248 g/mol. The molecule has 0 radical (unpaired) electrons. The van der Waals surface area contributed by atoms with E-state index in [1.807, 2.05) is 6.92 Å². The van der Waals surface area contributed by atoms with Gasteiger partial charge in [0.25, 0.3) is 0 Å². The third kappa shape index (κ3) is 10.5. The quantitative estimate of drug-likeness (QED) is 0.437. The van der Waals surface area contributed by atoms with Crippen LogP contribution in [-0.4, -0.2) is 63.3 Å². The molecule has 0 heterocycles. The van der Waals surface area contributed by atoms with Crippen LogP contribution in [0, 0.1) is 0 Å². The number of amides is 1. The van der Waals surface area contributed by atoms with Gasteiger partial charge in [0, 0.05) is 20.3 Å². The van der Waals surface area contributed by atoms with Gasteiger partial charge in [-0.2, -0.15) is 0 Å². The van der Waals surface area contributed by atoms with Crippen molar-refractivity contribution in [1.82, 2.24) is 10.2 Å². The summed E-state index contributed by atoms with van der Waals surface area (Å²) >= 11 is 0. The normalized spacial score (nSPS) is 10.5. The SMILES string of the molecule is CCCN(CC(=O)NCCCOC)CC(=O)OCC. The van der Waals surface area contributed by atoms with E-state index in [-0.39, 0.29) is 25.0 Å². The largest absolute Gasteiger partial charge is 0.465 e. The summed E-state index contributed by atoms with van der Waals surface area (Å²) in [6.45, 7) is 6.44. The number of hydrogen-bond donors (Lipinski definition) is 1. The van der Waals surface area contributed by atoms with Gasteiger partial charge >= 0.3 is 5.97 Å². The van der Waals surface area contributed by atoms with E-state index in [0.717, 1.165) is 12.8 Å². The summed E-state index contributed by atoms with van der Waals surface area (Å²) in [6.07, 6.45) is 1.67. The van der Waals surface area contributed by atoms with Gasteiger partial charge in [0.15, 0.2) is 0 Å². The van der Waals surface area contributed by atoms with E-state index >= 15 is 0 Å². The number of nitrogens with one attached hydrogen (secondary N) is 1. The number of hydrogen-bond acceptors (Lipinski definition) is 5. The minimum Gasteiger partial charge on any atom is -0.465 e. The van der Waals surface area contributed by atoms with E-state index in [2.05, 4.69) is 5.32 Å². The van der Waals surface area contributed by atoms with Crippen LogP contribution in [0.5, 0.6) is 0 Å². The van der Waals surface area contributed by atoms with Gasteiger partial charge in [-0.15, -0.1) is 0 Å². The van der Waals surface area contributed by atoms with Crippen LogP contribution in [-0.2, 0) is 19.1 Å². The number of esters is 1. The molecule has 6 heteroatoms. The lowest BCUT2D eigenvalue weighted by Crippen LogP contribution is -2.41. The fraction of sp³-hybridized carbons (Fsp3) is 0.846. The van der Waals surface area contributed by atoms with Crippen LogP contribution >= 0.6 is 0 Å². The Hall–Kier alpha value is -1.14. The van der Waals surface area contributed by atoms with E-state index in [1.54, 1.807) is 18.9 Å². The molecule has 6 nitrogen and oxygen atoms in total. The smallest absolute Gasteiger partial charge is 0.320 e. The number of carbonyl (C=O) groups is 2. The van der Waals surface area contributed by atoms with Crippen LogP contribution in [0.4, 0.5) is 0 Å². The Kier molecular flexibility index (Phi) is 11.2. The average molecular weight is 274 g/mol. The summed E-state index contributed by atoms with van der Waals surface area (Å²) in [5.74, 6) is -0.364. The highest BCUT2D eigenvalue weighted by Crippen LogP contribution is 1.93. The van der Waals surface area contributed by atoms with E-state index < -0.39 is 0 Å². The predicted molar refractivity (Wildman–Crippen MR) is 72.9 cm³/mol. The molecule has 0 aliphatic carbocycles. The minimum atomic E-state index is -0.289. The molecule has 0 saturated carbocycles. The Bertz CT molecular complexity index is 259. The van der Waals surface area contributed by atoms with Crippen molar-refractivity contribution in [2.45, 2.75) is 26.7 Å². The predicted octanol–water partition coefficient (Wildman–Crippen LogP) is 0.414. The first-order valence-electron chi connectivity index (χ1n) is 6.77. The maximum Gasteiger partial charge on any atom is 0.320 e. The highest BCUT2D eigenvalue weighted by Gasteiger charge is 2.14. The Morgan fingerprint density at radius 3 is 2.53 bits per heavy atom. The van der Waals surface area contributed by atoms with Gasteiger partial charge < -0.3 is 14.8 Å². The Morgan fingerprint density at radius 1 is 1.21 bits per heavy atom. The molecule has 1 N–H and O–H groups in total. The van der Waals surface area contributed by atoms with Crippen molar-refractivity contribution in [1.29, 1.82) is 0 Å². The molecule has 0 aliphatic rings. The standard InChI is InChI=1S/C13H26N2O4/c1-4-8-15(11-13(17)19-5-2)10-12(16)14-7-6-9-18-3/h4-11H2,1-3H3,(H,14,16). The summed E-state index contributed by atoms with van der Waals surface area (Å²) in [5.41, 5.74) is 0. The molecule has 0 fully saturated rings. The lowest BCUT2D eigenvalue weighted by atomic mass is 10.3. The summed E-state index contributed by atoms with van der Waals surface area (Å²) in [5, 5.41) is 2.80. The second-order valence-electron chi connectivity index (χ2n) is 4.21. The maximum absolute atomic E-state index is 11.7. The molecule has 0 rings (SSSR count). The van der Waals surface area contributed by atoms with Gasteiger partial charge in [-0.25, -0.2) is 0 Å². The maximum atomic E-state index is 11.7. The molecule has 0 aliphatic heterocycles. The van der Waals surface area contributed by atoms with Crippen molar-refractivity contribution in [3.05, 3.63) is 0 Å². The fourth-order valence-corrected chi connectivity index (χ4v) is 1.62. The number of methoxy groups -OCH3 is 1. The Balaban J connectivity index is 3.96. The Labute approximate surface area is 115 Å². The lowest BCUT2D eigenvalue weighted by Gasteiger charge is -2.19. The van der Waals surface area contributed by atoms with Crippen molar-refractivity contribution in [2.24, 2.45) is 0 Å². The van der Waals surface area contributed by atoms with Gasteiger partial charge in [-0.05, 0) is 26.3 Å². The molecular formula is C13H26N2O4. The second-order valence-corrected chi connectivity index (χ2v) is 4.21.